The zero-order chi connectivity index (χ0) is 15.6. The molecule has 1 atom stereocenters. The van der Waals surface area contributed by atoms with Crippen molar-refractivity contribution in [2.24, 2.45) is 0 Å². The number of amides is 1. The second-order valence-corrected chi connectivity index (χ2v) is 5.25. The number of carbonyl (C=O) groups is 2. The minimum Gasteiger partial charge on any atom is -0.449 e. The van der Waals surface area contributed by atoms with E-state index in [0.29, 0.717) is 13.1 Å². The minimum atomic E-state index is -0.888. The molecule has 21 heavy (non-hydrogen) atoms. The van der Waals surface area contributed by atoms with Gasteiger partial charge >= 0.3 is 5.97 Å². The number of ether oxygens (including phenoxy) is 1. The molecule has 0 radical (unpaired) electrons. The molecular formula is C15H19FN2O3. The van der Waals surface area contributed by atoms with Crippen LogP contribution in [-0.4, -0.2) is 36.0 Å². The third-order valence-electron chi connectivity index (χ3n) is 3.67. The zero-order valence-electron chi connectivity index (χ0n) is 12.2. The van der Waals surface area contributed by atoms with Crippen LogP contribution in [0.4, 0.5) is 10.1 Å². The summed E-state index contributed by atoms with van der Waals surface area (Å²) in [7, 11) is 0. The smallest absolute Gasteiger partial charge is 0.339 e. The lowest BCUT2D eigenvalue weighted by atomic mass is 10.1. The number of benzene rings is 1. The lowest BCUT2D eigenvalue weighted by Gasteiger charge is -2.20. The van der Waals surface area contributed by atoms with Gasteiger partial charge in [-0.15, -0.1) is 0 Å². The van der Waals surface area contributed by atoms with Gasteiger partial charge in [-0.2, -0.15) is 0 Å². The van der Waals surface area contributed by atoms with Crippen molar-refractivity contribution in [3.63, 3.8) is 0 Å². The van der Waals surface area contributed by atoms with Gasteiger partial charge in [0, 0.05) is 24.3 Å². The van der Waals surface area contributed by atoms with Crippen LogP contribution in [0.2, 0.25) is 0 Å². The number of nitrogens with two attached hydrogens (primary N) is 1. The van der Waals surface area contributed by atoms with Gasteiger partial charge in [0.1, 0.15) is 5.82 Å². The Hall–Kier alpha value is -2.11. The zero-order valence-corrected chi connectivity index (χ0v) is 12.2. The number of hydrogen-bond acceptors (Lipinski definition) is 4. The second kappa shape index (κ2) is 6.11. The highest BCUT2D eigenvalue weighted by Gasteiger charge is 2.26. The van der Waals surface area contributed by atoms with Crippen LogP contribution < -0.4 is 5.73 Å². The summed E-state index contributed by atoms with van der Waals surface area (Å²) in [6, 6.07) is 2.43. The molecule has 1 aromatic rings. The third-order valence-corrected chi connectivity index (χ3v) is 3.67. The minimum absolute atomic E-state index is 0.0108. The molecule has 0 saturated carbocycles. The molecule has 1 saturated heterocycles. The molecule has 0 spiro atoms. The highest BCUT2D eigenvalue weighted by atomic mass is 19.1. The predicted molar refractivity (Wildman–Crippen MR) is 76.2 cm³/mol. The van der Waals surface area contributed by atoms with Crippen LogP contribution in [-0.2, 0) is 9.53 Å². The van der Waals surface area contributed by atoms with E-state index in [4.69, 9.17) is 10.5 Å². The van der Waals surface area contributed by atoms with E-state index in [-0.39, 0.29) is 22.7 Å². The Balaban J connectivity index is 2.05. The summed E-state index contributed by atoms with van der Waals surface area (Å²) in [5.41, 5.74) is 6.10. The number of anilines is 1. The Labute approximate surface area is 122 Å². The Morgan fingerprint density at radius 2 is 1.95 bits per heavy atom. The maximum atomic E-state index is 13.6. The Morgan fingerprint density at radius 1 is 1.33 bits per heavy atom. The fourth-order valence-electron chi connectivity index (χ4n) is 2.29. The van der Waals surface area contributed by atoms with Crippen molar-refractivity contribution in [1.29, 1.82) is 0 Å². The van der Waals surface area contributed by atoms with Gasteiger partial charge in [0.15, 0.2) is 6.10 Å². The molecule has 1 aliphatic heterocycles. The van der Waals surface area contributed by atoms with Crippen molar-refractivity contribution in [2.75, 3.05) is 18.8 Å². The van der Waals surface area contributed by atoms with Gasteiger partial charge in [0.25, 0.3) is 5.91 Å². The average Bonchev–Trinajstić information content (AvgIpc) is 2.97. The Morgan fingerprint density at radius 3 is 2.52 bits per heavy atom. The molecule has 2 rings (SSSR count). The number of nitrogens with zero attached hydrogens (tertiary/aromatic N) is 1. The largest absolute Gasteiger partial charge is 0.449 e. The van der Waals surface area contributed by atoms with E-state index in [2.05, 4.69) is 0 Å². The second-order valence-electron chi connectivity index (χ2n) is 5.25. The molecule has 2 N–H and O–H groups in total. The number of likely N-dealkylation sites (tertiary alicyclic amines) is 1. The summed E-state index contributed by atoms with van der Waals surface area (Å²) in [4.78, 5) is 25.7. The van der Waals surface area contributed by atoms with Gasteiger partial charge < -0.3 is 15.4 Å². The number of nitrogen functional groups attached to an aromatic ring is 1. The number of rotatable bonds is 3. The molecule has 0 aliphatic carbocycles. The maximum Gasteiger partial charge on any atom is 0.339 e. The summed E-state index contributed by atoms with van der Waals surface area (Å²) >= 11 is 0. The average molecular weight is 294 g/mol. The maximum absolute atomic E-state index is 13.6. The highest BCUT2D eigenvalue weighted by molar-refractivity contribution is 5.93. The molecule has 1 fully saturated rings. The quantitative estimate of drug-likeness (QED) is 0.682. The van der Waals surface area contributed by atoms with Crippen molar-refractivity contribution in [3.8, 4) is 0 Å². The monoisotopic (exact) mass is 294 g/mol. The van der Waals surface area contributed by atoms with E-state index < -0.39 is 17.9 Å². The van der Waals surface area contributed by atoms with E-state index in [9.17, 15) is 14.0 Å². The predicted octanol–water partition coefficient (Wildman–Crippen LogP) is 1.88. The van der Waals surface area contributed by atoms with Crippen LogP contribution in [0.1, 0.15) is 35.7 Å². The Kier molecular flexibility index (Phi) is 4.45. The number of halogens is 1. The van der Waals surface area contributed by atoms with Gasteiger partial charge in [-0.3, -0.25) is 4.79 Å². The molecule has 0 bridgehead atoms. The first-order chi connectivity index (χ1) is 9.90. The first-order valence-electron chi connectivity index (χ1n) is 6.95. The van der Waals surface area contributed by atoms with E-state index in [1.54, 1.807) is 4.90 Å². The van der Waals surface area contributed by atoms with Crippen LogP contribution in [0.3, 0.4) is 0 Å². The molecule has 1 unspecified atom stereocenters. The van der Waals surface area contributed by atoms with Gasteiger partial charge in [-0.1, -0.05) is 0 Å². The summed E-state index contributed by atoms with van der Waals surface area (Å²) in [5, 5.41) is 0. The first-order valence-corrected chi connectivity index (χ1v) is 6.95. The van der Waals surface area contributed by atoms with Gasteiger partial charge in [0.05, 0.1) is 5.56 Å². The van der Waals surface area contributed by atoms with E-state index in [1.165, 1.54) is 19.9 Å². The summed E-state index contributed by atoms with van der Waals surface area (Å²) in [6.07, 6.45) is 1.04. The van der Waals surface area contributed by atoms with Crippen molar-refractivity contribution >= 4 is 17.6 Å². The van der Waals surface area contributed by atoms with Crippen LogP contribution in [0, 0.1) is 12.7 Å². The SMILES string of the molecule is Cc1c(N)cc(C(=O)OC(C)C(=O)N2CCCC2)cc1F. The van der Waals surface area contributed by atoms with Crippen LogP contribution >= 0.6 is 0 Å². The van der Waals surface area contributed by atoms with Crippen molar-refractivity contribution in [3.05, 3.63) is 29.1 Å². The fraction of sp³-hybridized carbons (Fsp3) is 0.467. The van der Waals surface area contributed by atoms with Crippen LogP contribution in [0.5, 0.6) is 0 Å². The van der Waals surface area contributed by atoms with E-state index >= 15 is 0 Å². The molecule has 0 aromatic heterocycles. The molecule has 1 amide bonds. The lowest BCUT2D eigenvalue weighted by Crippen LogP contribution is -2.38. The van der Waals surface area contributed by atoms with Gasteiger partial charge in [-0.05, 0) is 38.8 Å². The summed E-state index contributed by atoms with van der Waals surface area (Å²) in [5.74, 6) is -1.54. The molecular weight excluding hydrogens is 275 g/mol. The topological polar surface area (TPSA) is 72.6 Å². The molecule has 1 aliphatic rings. The first kappa shape index (κ1) is 15.3. The Bertz CT molecular complexity index is 545. The molecule has 114 valence electrons. The van der Waals surface area contributed by atoms with Gasteiger partial charge in [0.2, 0.25) is 0 Å². The molecule has 5 nitrogen and oxygen atoms in total. The van der Waals surface area contributed by atoms with Crippen molar-refractivity contribution < 1.29 is 18.7 Å². The number of esters is 1. The van der Waals surface area contributed by atoms with E-state index in [0.717, 1.165) is 18.9 Å². The highest BCUT2D eigenvalue weighted by Crippen LogP contribution is 2.19. The van der Waals surface area contributed by atoms with Crippen LogP contribution in [0.25, 0.3) is 0 Å². The summed E-state index contributed by atoms with van der Waals surface area (Å²) < 4.78 is 18.7. The number of carbonyl (C=O) groups excluding carboxylic acids is 2. The van der Waals surface area contributed by atoms with Gasteiger partial charge in [-0.25, -0.2) is 9.18 Å². The lowest BCUT2D eigenvalue weighted by molar-refractivity contribution is -0.138. The molecule has 1 heterocycles. The standard InChI is InChI=1S/C15H19FN2O3/c1-9-12(16)7-11(8-13(9)17)15(20)21-10(2)14(19)18-5-3-4-6-18/h7-8,10H,3-6,17H2,1-2H3. The van der Waals surface area contributed by atoms with Crippen molar-refractivity contribution in [2.45, 2.75) is 32.8 Å². The normalized spacial score (nSPS) is 15.9. The van der Waals surface area contributed by atoms with Crippen LogP contribution in [0.15, 0.2) is 12.1 Å². The number of hydrogen-bond donors (Lipinski definition) is 1. The van der Waals surface area contributed by atoms with E-state index in [1.807, 2.05) is 0 Å². The van der Waals surface area contributed by atoms with Crippen molar-refractivity contribution in [1.82, 2.24) is 4.90 Å². The third kappa shape index (κ3) is 3.32. The fourth-order valence-corrected chi connectivity index (χ4v) is 2.29. The summed E-state index contributed by atoms with van der Waals surface area (Å²) in [6.45, 7) is 4.42. The molecule has 6 heteroatoms. The molecule has 1 aromatic carbocycles.